The average molecular weight is 303 g/mol. The molecule has 2 saturated heterocycles. The minimum absolute atomic E-state index is 0.129. The summed E-state index contributed by atoms with van der Waals surface area (Å²) in [6.07, 6.45) is 7.02. The van der Waals surface area contributed by atoms with Crippen molar-refractivity contribution in [3.05, 3.63) is 35.6 Å². The molecule has 2 nitrogen and oxygen atoms in total. The number of carbonyl (C=O) groups excluding carboxylic acids is 1. The Labute approximate surface area is 132 Å². The van der Waals surface area contributed by atoms with Gasteiger partial charge in [-0.2, -0.15) is 0 Å². The number of benzene rings is 1. The van der Waals surface area contributed by atoms with E-state index in [1.807, 2.05) is 0 Å². The van der Waals surface area contributed by atoms with Crippen LogP contribution in [0.5, 0.6) is 0 Å². The minimum atomic E-state index is -0.287. The molecule has 1 aliphatic carbocycles. The Morgan fingerprint density at radius 1 is 1.14 bits per heavy atom. The molecule has 22 heavy (non-hydrogen) atoms. The molecule has 2 aliphatic heterocycles. The number of hydrogen-bond donors (Lipinski definition) is 0. The number of rotatable bonds is 5. The Morgan fingerprint density at radius 2 is 1.68 bits per heavy atom. The quantitative estimate of drug-likeness (QED) is 0.756. The maximum absolute atomic E-state index is 12.9. The van der Waals surface area contributed by atoms with E-state index in [2.05, 4.69) is 11.8 Å². The second-order valence-corrected chi connectivity index (χ2v) is 7.16. The fourth-order valence-corrected chi connectivity index (χ4v) is 4.00. The maximum Gasteiger partial charge on any atom is 0.162 e. The van der Waals surface area contributed by atoms with Crippen molar-refractivity contribution >= 4 is 5.78 Å². The molecule has 4 rings (SSSR count). The molecule has 2 bridgehead atoms. The third-order valence-corrected chi connectivity index (χ3v) is 5.53. The third-order valence-electron chi connectivity index (χ3n) is 5.53. The van der Waals surface area contributed by atoms with E-state index >= 15 is 0 Å². The highest BCUT2D eigenvalue weighted by Crippen LogP contribution is 2.34. The number of carbonyl (C=O) groups is 1. The van der Waals surface area contributed by atoms with Crippen LogP contribution in [0.3, 0.4) is 0 Å². The van der Waals surface area contributed by atoms with Gasteiger partial charge < -0.3 is 4.90 Å². The van der Waals surface area contributed by atoms with Crippen LogP contribution in [-0.4, -0.2) is 29.8 Å². The summed E-state index contributed by atoms with van der Waals surface area (Å²) in [6.45, 7) is 4.67. The first-order chi connectivity index (χ1) is 10.6. The topological polar surface area (TPSA) is 20.3 Å². The van der Waals surface area contributed by atoms with E-state index in [9.17, 15) is 9.18 Å². The number of halogens is 1. The summed E-state index contributed by atoms with van der Waals surface area (Å²) in [5.41, 5.74) is 0.629. The molecule has 0 aromatic heterocycles. The van der Waals surface area contributed by atoms with Crippen molar-refractivity contribution in [2.24, 2.45) is 11.8 Å². The van der Waals surface area contributed by atoms with Gasteiger partial charge in [0.15, 0.2) is 5.78 Å². The van der Waals surface area contributed by atoms with Crippen LogP contribution in [0, 0.1) is 17.7 Å². The molecule has 3 fully saturated rings. The van der Waals surface area contributed by atoms with Gasteiger partial charge in [0, 0.05) is 31.1 Å². The predicted octanol–water partition coefficient (Wildman–Crippen LogP) is 4.30. The summed E-state index contributed by atoms with van der Waals surface area (Å²) < 4.78 is 12.9. The van der Waals surface area contributed by atoms with Gasteiger partial charge in [0.2, 0.25) is 0 Å². The lowest BCUT2D eigenvalue weighted by Gasteiger charge is -2.29. The number of nitrogens with zero attached hydrogens (tertiary/aromatic N) is 1. The second-order valence-electron chi connectivity index (χ2n) is 7.16. The van der Waals surface area contributed by atoms with Crippen molar-refractivity contribution in [3.8, 4) is 0 Å². The molecule has 0 spiro atoms. The van der Waals surface area contributed by atoms with E-state index < -0.39 is 0 Å². The second kappa shape index (κ2) is 6.91. The lowest BCUT2D eigenvalue weighted by molar-refractivity contribution is 0.0959. The number of hydrogen-bond acceptors (Lipinski definition) is 2. The Balaban J connectivity index is 1.52. The molecule has 3 heteroatoms. The molecular weight excluding hydrogens is 277 g/mol. The van der Waals surface area contributed by atoms with Gasteiger partial charge in [-0.05, 0) is 75.1 Å². The monoisotopic (exact) mass is 303 g/mol. The molecule has 0 radical (unpaired) electrons. The Hall–Kier alpha value is -1.22. The highest BCUT2D eigenvalue weighted by Gasteiger charge is 2.31. The normalized spacial score (nSPS) is 26.6. The molecule has 0 amide bonds. The average Bonchev–Trinajstić information content (AvgIpc) is 2.86. The first-order valence-electron chi connectivity index (χ1n) is 8.64. The molecule has 1 aromatic rings. The highest BCUT2D eigenvalue weighted by atomic mass is 19.1. The van der Waals surface area contributed by atoms with Crippen LogP contribution in [0.4, 0.5) is 4.39 Å². The van der Waals surface area contributed by atoms with Gasteiger partial charge in [-0.25, -0.2) is 4.39 Å². The lowest BCUT2D eigenvalue weighted by atomic mass is 9.84. The lowest BCUT2D eigenvalue weighted by Crippen LogP contribution is -2.36. The smallest absolute Gasteiger partial charge is 0.162 e. The van der Waals surface area contributed by atoms with Gasteiger partial charge in [-0.1, -0.05) is 0 Å². The predicted molar refractivity (Wildman–Crippen MR) is 86.4 cm³/mol. The van der Waals surface area contributed by atoms with Crippen molar-refractivity contribution in [1.82, 2.24) is 4.90 Å². The van der Waals surface area contributed by atoms with Gasteiger partial charge in [0.1, 0.15) is 5.82 Å². The maximum atomic E-state index is 12.9. The van der Waals surface area contributed by atoms with E-state index in [-0.39, 0.29) is 11.6 Å². The van der Waals surface area contributed by atoms with Crippen molar-refractivity contribution in [2.75, 3.05) is 13.1 Å². The summed E-state index contributed by atoms with van der Waals surface area (Å²) in [6, 6.07) is 6.38. The van der Waals surface area contributed by atoms with Crippen molar-refractivity contribution in [1.29, 1.82) is 0 Å². The van der Waals surface area contributed by atoms with E-state index in [1.54, 1.807) is 12.1 Å². The summed E-state index contributed by atoms with van der Waals surface area (Å²) in [5.74, 6) is 1.58. The fraction of sp³-hybridized carbons (Fsp3) is 0.632. The highest BCUT2D eigenvalue weighted by molar-refractivity contribution is 5.95. The van der Waals surface area contributed by atoms with Crippen LogP contribution in [0.1, 0.15) is 55.8 Å². The van der Waals surface area contributed by atoms with E-state index in [1.165, 1.54) is 50.9 Å². The molecule has 3 aliphatic rings. The zero-order chi connectivity index (χ0) is 15.5. The molecular formula is C19H26FNO. The third kappa shape index (κ3) is 3.75. The largest absolute Gasteiger partial charge is 0.300 e. The van der Waals surface area contributed by atoms with Gasteiger partial charge in [-0.3, -0.25) is 4.79 Å². The van der Waals surface area contributed by atoms with Gasteiger partial charge in [-0.15, -0.1) is 0 Å². The van der Waals surface area contributed by atoms with Gasteiger partial charge >= 0.3 is 0 Å². The number of ketones is 1. The first kappa shape index (κ1) is 15.7. The zero-order valence-corrected chi connectivity index (χ0v) is 13.4. The fourth-order valence-electron chi connectivity index (χ4n) is 4.00. The standard InChI is InChI=1S/C19H26FNO/c1-14(21-12-15-3-4-16(13-21)6-5-15)2-11-19(22)17-7-9-18(20)10-8-17/h7-10,14-16H,2-6,11-13H2,1H3. The minimum Gasteiger partial charge on any atom is -0.300 e. The summed E-state index contributed by atoms with van der Waals surface area (Å²) >= 11 is 0. The van der Waals surface area contributed by atoms with Crippen LogP contribution in [0.25, 0.3) is 0 Å². The summed E-state index contributed by atoms with van der Waals surface area (Å²) in [7, 11) is 0. The van der Waals surface area contributed by atoms with Crippen molar-refractivity contribution in [3.63, 3.8) is 0 Å². The molecule has 1 atom stereocenters. The molecule has 2 heterocycles. The van der Waals surface area contributed by atoms with Crippen LogP contribution in [-0.2, 0) is 0 Å². The van der Waals surface area contributed by atoms with Gasteiger partial charge in [0.05, 0.1) is 0 Å². The Bertz CT molecular complexity index is 491. The molecule has 1 aromatic carbocycles. The van der Waals surface area contributed by atoms with Crippen LogP contribution < -0.4 is 0 Å². The zero-order valence-electron chi connectivity index (χ0n) is 13.4. The van der Waals surface area contributed by atoms with Crippen LogP contribution >= 0.6 is 0 Å². The van der Waals surface area contributed by atoms with Crippen molar-refractivity contribution < 1.29 is 9.18 Å². The van der Waals surface area contributed by atoms with E-state index in [0.717, 1.165) is 18.3 Å². The molecule has 120 valence electrons. The van der Waals surface area contributed by atoms with Gasteiger partial charge in [0.25, 0.3) is 0 Å². The van der Waals surface area contributed by atoms with Crippen LogP contribution in [0.2, 0.25) is 0 Å². The summed E-state index contributed by atoms with van der Waals surface area (Å²) in [5, 5.41) is 0. The van der Waals surface area contributed by atoms with Crippen LogP contribution in [0.15, 0.2) is 24.3 Å². The summed E-state index contributed by atoms with van der Waals surface area (Å²) in [4.78, 5) is 14.8. The number of fused-ring (bicyclic) bond motifs is 4. The first-order valence-corrected chi connectivity index (χ1v) is 8.64. The molecule has 0 N–H and O–H groups in total. The Kier molecular flexibility index (Phi) is 4.92. The van der Waals surface area contributed by atoms with E-state index in [4.69, 9.17) is 0 Å². The van der Waals surface area contributed by atoms with Crippen molar-refractivity contribution in [2.45, 2.75) is 51.5 Å². The number of Topliss-reactive ketones (excluding diaryl/α,β-unsaturated/α-hetero) is 1. The van der Waals surface area contributed by atoms with E-state index in [0.29, 0.717) is 18.0 Å². The Morgan fingerprint density at radius 3 is 2.23 bits per heavy atom. The molecule has 1 unspecified atom stereocenters. The SMILES string of the molecule is CC(CCC(=O)c1ccc(F)cc1)N1CC2CCC(CC2)C1. The molecule has 1 saturated carbocycles.